The third-order valence-electron chi connectivity index (χ3n) is 4.37. The number of nitrogens with one attached hydrogen (secondary N) is 2. The third kappa shape index (κ3) is 3.93. The third-order valence-corrected chi connectivity index (χ3v) is 4.37. The Labute approximate surface area is 114 Å². The van der Waals surface area contributed by atoms with Crippen LogP contribution in [0.25, 0.3) is 0 Å². The second-order valence-corrected chi connectivity index (χ2v) is 5.83. The minimum Gasteiger partial charge on any atom is -0.469 e. The van der Waals surface area contributed by atoms with E-state index >= 15 is 0 Å². The van der Waals surface area contributed by atoms with Crippen LogP contribution in [0.3, 0.4) is 0 Å². The van der Waals surface area contributed by atoms with Gasteiger partial charge in [-0.25, -0.2) is 0 Å². The summed E-state index contributed by atoms with van der Waals surface area (Å²) < 4.78 is 4.71. The molecule has 1 heterocycles. The van der Waals surface area contributed by atoms with Gasteiger partial charge in [0.2, 0.25) is 5.91 Å². The number of esters is 1. The molecule has 1 unspecified atom stereocenters. The lowest BCUT2D eigenvalue weighted by atomic mass is 9.74. The van der Waals surface area contributed by atoms with E-state index in [0.29, 0.717) is 18.8 Å². The summed E-state index contributed by atoms with van der Waals surface area (Å²) in [5.41, 5.74) is -0.321. The fraction of sp³-hybridized carbons (Fsp3) is 0.857. The molecule has 0 radical (unpaired) electrons. The van der Waals surface area contributed by atoms with Crippen LogP contribution in [0.2, 0.25) is 0 Å². The molecule has 1 aliphatic heterocycles. The maximum absolute atomic E-state index is 12.0. The molecule has 5 heteroatoms. The predicted molar refractivity (Wildman–Crippen MR) is 71.6 cm³/mol. The van der Waals surface area contributed by atoms with Gasteiger partial charge < -0.3 is 15.4 Å². The lowest BCUT2D eigenvalue weighted by Crippen LogP contribution is -2.54. The van der Waals surface area contributed by atoms with Gasteiger partial charge >= 0.3 is 5.97 Å². The zero-order chi connectivity index (χ0) is 13.7. The summed E-state index contributed by atoms with van der Waals surface area (Å²) in [4.78, 5) is 23.4. The van der Waals surface area contributed by atoms with Gasteiger partial charge in [-0.05, 0) is 51.1 Å². The summed E-state index contributed by atoms with van der Waals surface area (Å²) in [6, 6.07) is 0. The molecule has 0 aromatic carbocycles. The Kier molecular flexibility index (Phi) is 4.80. The van der Waals surface area contributed by atoms with Gasteiger partial charge in [-0.15, -0.1) is 0 Å². The highest BCUT2D eigenvalue weighted by atomic mass is 16.5. The van der Waals surface area contributed by atoms with Crippen molar-refractivity contribution in [3.8, 4) is 0 Å². The Morgan fingerprint density at radius 1 is 1.42 bits per heavy atom. The van der Waals surface area contributed by atoms with E-state index in [0.717, 1.165) is 38.8 Å². The molecule has 108 valence electrons. The second-order valence-electron chi connectivity index (χ2n) is 5.83. The molecule has 1 amide bonds. The Bertz CT molecular complexity index is 334. The van der Waals surface area contributed by atoms with Crippen LogP contribution in [0.1, 0.15) is 44.9 Å². The van der Waals surface area contributed by atoms with Crippen LogP contribution in [0.5, 0.6) is 0 Å². The van der Waals surface area contributed by atoms with Crippen molar-refractivity contribution in [1.82, 2.24) is 10.6 Å². The van der Waals surface area contributed by atoms with Crippen molar-refractivity contribution in [1.29, 1.82) is 0 Å². The average molecular weight is 268 g/mol. The standard InChI is InChI=1S/C14H24N2O3/c1-19-13(18)9-14(6-2-7-14)16-12(17)4-3-11-5-8-15-10-11/h11,15H,2-10H2,1H3,(H,16,17). The van der Waals surface area contributed by atoms with Gasteiger partial charge in [-0.1, -0.05) is 0 Å². The van der Waals surface area contributed by atoms with E-state index in [1.165, 1.54) is 13.5 Å². The number of methoxy groups -OCH3 is 1. The van der Waals surface area contributed by atoms with Crippen molar-refractivity contribution in [2.45, 2.75) is 50.5 Å². The summed E-state index contributed by atoms with van der Waals surface area (Å²) in [6.07, 6.45) is 5.82. The number of carbonyl (C=O) groups excluding carboxylic acids is 2. The van der Waals surface area contributed by atoms with Crippen LogP contribution >= 0.6 is 0 Å². The highest BCUT2D eigenvalue weighted by Crippen LogP contribution is 2.35. The van der Waals surface area contributed by atoms with Crippen LogP contribution in [0, 0.1) is 5.92 Å². The summed E-state index contributed by atoms with van der Waals surface area (Å²) in [5, 5.41) is 6.37. The molecule has 1 atom stereocenters. The Morgan fingerprint density at radius 3 is 2.74 bits per heavy atom. The molecule has 1 saturated heterocycles. The highest BCUT2D eigenvalue weighted by Gasteiger charge is 2.40. The minimum atomic E-state index is -0.321. The fourth-order valence-corrected chi connectivity index (χ4v) is 2.95. The molecule has 1 aliphatic carbocycles. The number of rotatable bonds is 6. The Balaban J connectivity index is 1.74. The van der Waals surface area contributed by atoms with Crippen LogP contribution < -0.4 is 10.6 Å². The van der Waals surface area contributed by atoms with E-state index in [1.54, 1.807) is 0 Å². The molecular weight excluding hydrogens is 244 g/mol. The molecule has 0 aromatic rings. The van der Waals surface area contributed by atoms with Gasteiger partial charge in [-0.3, -0.25) is 9.59 Å². The normalized spacial score (nSPS) is 24.6. The van der Waals surface area contributed by atoms with Crippen molar-refractivity contribution < 1.29 is 14.3 Å². The molecule has 2 rings (SSSR count). The Morgan fingerprint density at radius 2 is 2.21 bits per heavy atom. The number of amides is 1. The first kappa shape index (κ1) is 14.3. The molecule has 2 N–H and O–H groups in total. The molecule has 5 nitrogen and oxygen atoms in total. The van der Waals surface area contributed by atoms with E-state index in [4.69, 9.17) is 4.74 Å². The first-order valence-corrected chi connectivity index (χ1v) is 7.22. The van der Waals surface area contributed by atoms with Gasteiger partial charge in [0.25, 0.3) is 0 Å². The largest absolute Gasteiger partial charge is 0.469 e. The molecule has 0 spiro atoms. The fourth-order valence-electron chi connectivity index (χ4n) is 2.95. The quantitative estimate of drug-likeness (QED) is 0.705. The van der Waals surface area contributed by atoms with Gasteiger partial charge in [0.05, 0.1) is 19.1 Å². The van der Waals surface area contributed by atoms with Crippen LogP contribution in [-0.2, 0) is 14.3 Å². The molecule has 2 aliphatic rings. The van der Waals surface area contributed by atoms with Crippen molar-refractivity contribution in [3.05, 3.63) is 0 Å². The lowest BCUT2D eigenvalue weighted by molar-refractivity contribution is -0.144. The molecular formula is C14H24N2O3. The van der Waals surface area contributed by atoms with E-state index in [2.05, 4.69) is 10.6 Å². The van der Waals surface area contributed by atoms with Gasteiger partial charge in [0.1, 0.15) is 0 Å². The number of hydrogen-bond acceptors (Lipinski definition) is 4. The topological polar surface area (TPSA) is 67.4 Å². The summed E-state index contributed by atoms with van der Waals surface area (Å²) in [5.74, 6) is 0.471. The smallest absolute Gasteiger partial charge is 0.307 e. The van der Waals surface area contributed by atoms with Crippen molar-refractivity contribution in [2.75, 3.05) is 20.2 Å². The number of hydrogen-bond donors (Lipinski definition) is 2. The van der Waals surface area contributed by atoms with Gasteiger partial charge in [0.15, 0.2) is 0 Å². The molecule has 19 heavy (non-hydrogen) atoms. The van der Waals surface area contributed by atoms with Gasteiger partial charge in [-0.2, -0.15) is 0 Å². The second kappa shape index (κ2) is 6.37. The molecule has 2 fully saturated rings. The molecule has 0 aromatic heterocycles. The Hall–Kier alpha value is -1.10. The van der Waals surface area contributed by atoms with Crippen LogP contribution in [0.15, 0.2) is 0 Å². The first-order chi connectivity index (χ1) is 9.13. The van der Waals surface area contributed by atoms with Crippen molar-refractivity contribution in [2.24, 2.45) is 5.92 Å². The van der Waals surface area contributed by atoms with Gasteiger partial charge in [0, 0.05) is 6.42 Å². The minimum absolute atomic E-state index is 0.0792. The number of carbonyl (C=O) groups is 2. The average Bonchev–Trinajstić information content (AvgIpc) is 2.86. The summed E-state index contributed by atoms with van der Waals surface area (Å²) in [7, 11) is 1.39. The van der Waals surface area contributed by atoms with Crippen LogP contribution in [0.4, 0.5) is 0 Å². The van der Waals surface area contributed by atoms with Crippen molar-refractivity contribution >= 4 is 11.9 Å². The molecule has 0 bridgehead atoms. The van der Waals surface area contributed by atoms with Crippen LogP contribution in [-0.4, -0.2) is 37.6 Å². The maximum Gasteiger partial charge on any atom is 0.307 e. The first-order valence-electron chi connectivity index (χ1n) is 7.22. The van der Waals surface area contributed by atoms with E-state index in [9.17, 15) is 9.59 Å². The van der Waals surface area contributed by atoms with E-state index in [-0.39, 0.29) is 17.4 Å². The predicted octanol–water partition coefficient (Wildman–Crippen LogP) is 0.978. The zero-order valence-electron chi connectivity index (χ0n) is 11.7. The zero-order valence-corrected chi connectivity index (χ0v) is 11.7. The van der Waals surface area contributed by atoms with Crippen molar-refractivity contribution in [3.63, 3.8) is 0 Å². The highest BCUT2D eigenvalue weighted by molar-refractivity contribution is 5.79. The maximum atomic E-state index is 12.0. The SMILES string of the molecule is COC(=O)CC1(NC(=O)CCC2CCNC2)CCC1. The van der Waals surface area contributed by atoms with E-state index in [1.807, 2.05) is 0 Å². The lowest BCUT2D eigenvalue weighted by Gasteiger charge is -2.41. The number of ether oxygens (including phenoxy) is 1. The monoisotopic (exact) mass is 268 g/mol. The molecule has 1 saturated carbocycles. The van der Waals surface area contributed by atoms with E-state index < -0.39 is 0 Å². The summed E-state index contributed by atoms with van der Waals surface area (Å²) in [6.45, 7) is 2.10. The summed E-state index contributed by atoms with van der Waals surface area (Å²) >= 11 is 0.